The molecule has 2 heteroatoms. The van der Waals surface area contributed by atoms with E-state index >= 15 is 0 Å². The Labute approximate surface area is 185 Å². The molecule has 0 atom stereocenters. The highest BCUT2D eigenvalue weighted by Crippen LogP contribution is 2.40. The molecule has 0 unspecified atom stereocenters. The topological polar surface area (TPSA) is 9.23 Å². The molecule has 0 aromatic heterocycles. The second kappa shape index (κ2) is 10.7. The summed E-state index contributed by atoms with van der Waals surface area (Å²) in [5.74, 6) is 2.68. The van der Waals surface area contributed by atoms with Gasteiger partial charge in [0.05, 0.1) is 7.11 Å². The standard InChI is InChI=1S/C26H35IO/c1-4-6-7-8-19-9-11-21(12-10-19)22-13-15-25(26(27)18-22)24-16-14-23(28-3)17-20(24)5-2/h13-19,21H,4-12H2,1-3H3. The molecule has 2 aromatic carbocycles. The molecule has 0 radical (unpaired) electrons. The molecule has 1 nitrogen and oxygen atoms in total. The first kappa shape index (κ1) is 21.7. The van der Waals surface area contributed by atoms with Crippen LogP contribution in [-0.4, -0.2) is 7.11 Å². The number of unbranched alkanes of at least 4 members (excludes halogenated alkanes) is 2. The number of hydrogen-bond donors (Lipinski definition) is 0. The van der Waals surface area contributed by atoms with Crippen molar-refractivity contribution >= 4 is 22.6 Å². The number of rotatable bonds is 8. The molecule has 1 saturated carbocycles. The summed E-state index contributed by atoms with van der Waals surface area (Å²) in [5.41, 5.74) is 5.61. The van der Waals surface area contributed by atoms with E-state index in [0.717, 1.165) is 24.0 Å². The summed E-state index contributed by atoms with van der Waals surface area (Å²) in [7, 11) is 1.74. The minimum Gasteiger partial charge on any atom is -0.497 e. The van der Waals surface area contributed by atoms with E-state index in [2.05, 4.69) is 72.8 Å². The van der Waals surface area contributed by atoms with Crippen LogP contribution in [-0.2, 0) is 6.42 Å². The molecule has 1 aliphatic rings. The van der Waals surface area contributed by atoms with Gasteiger partial charge in [-0.3, -0.25) is 0 Å². The van der Waals surface area contributed by atoms with Crippen molar-refractivity contribution in [3.63, 3.8) is 0 Å². The lowest BCUT2D eigenvalue weighted by Gasteiger charge is -2.29. The van der Waals surface area contributed by atoms with Gasteiger partial charge in [-0.05, 0) is 107 Å². The van der Waals surface area contributed by atoms with Crippen LogP contribution in [0, 0.1) is 9.49 Å². The van der Waals surface area contributed by atoms with E-state index in [-0.39, 0.29) is 0 Å². The second-order valence-corrected chi connectivity index (χ2v) is 9.49. The third-order valence-corrected chi connectivity index (χ3v) is 7.40. The van der Waals surface area contributed by atoms with Crippen molar-refractivity contribution in [2.45, 2.75) is 77.6 Å². The van der Waals surface area contributed by atoms with Crippen LogP contribution < -0.4 is 4.74 Å². The van der Waals surface area contributed by atoms with Crippen LogP contribution in [0.4, 0.5) is 0 Å². The SMILES string of the molecule is CCCCCC1CCC(c2ccc(-c3ccc(OC)cc3CC)c(I)c2)CC1. The molecule has 0 N–H and O–H groups in total. The maximum Gasteiger partial charge on any atom is 0.119 e. The molecule has 0 aliphatic heterocycles. The third-order valence-electron chi connectivity index (χ3n) is 6.51. The summed E-state index contributed by atoms with van der Waals surface area (Å²) >= 11 is 2.53. The Balaban J connectivity index is 1.70. The van der Waals surface area contributed by atoms with Gasteiger partial charge in [0.1, 0.15) is 5.75 Å². The second-order valence-electron chi connectivity index (χ2n) is 8.33. The molecule has 1 fully saturated rings. The first-order valence-corrected chi connectivity index (χ1v) is 12.2. The zero-order chi connectivity index (χ0) is 19.9. The summed E-state index contributed by atoms with van der Waals surface area (Å²) < 4.78 is 6.79. The molecule has 0 spiro atoms. The van der Waals surface area contributed by atoms with Crippen molar-refractivity contribution < 1.29 is 4.74 Å². The monoisotopic (exact) mass is 490 g/mol. The van der Waals surface area contributed by atoms with E-state index in [4.69, 9.17) is 4.74 Å². The normalized spacial score (nSPS) is 19.6. The lowest BCUT2D eigenvalue weighted by atomic mass is 9.77. The maximum atomic E-state index is 5.41. The van der Waals surface area contributed by atoms with E-state index in [0.29, 0.717) is 0 Å². The van der Waals surface area contributed by atoms with Crippen molar-refractivity contribution in [3.8, 4) is 16.9 Å². The summed E-state index contributed by atoms with van der Waals surface area (Å²) in [4.78, 5) is 0. The molecule has 0 amide bonds. The van der Waals surface area contributed by atoms with Gasteiger partial charge in [0, 0.05) is 3.57 Å². The molecule has 0 bridgehead atoms. The Morgan fingerprint density at radius 2 is 1.68 bits per heavy atom. The Morgan fingerprint density at radius 3 is 2.32 bits per heavy atom. The predicted molar refractivity (Wildman–Crippen MR) is 129 cm³/mol. The van der Waals surface area contributed by atoms with Crippen LogP contribution >= 0.6 is 22.6 Å². The summed E-state index contributed by atoms with van der Waals surface area (Å²) in [5, 5.41) is 0. The van der Waals surface area contributed by atoms with E-state index < -0.39 is 0 Å². The Morgan fingerprint density at radius 1 is 0.929 bits per heavy atom. The van der Waals surface area contributed by atoms with Gasteiger partial charge in [-0.1, -0.05) is 57.7 Å². The van der Waals surface area contributed by atoms with E-state index in [1.54, 1.807) is 12.7 Å². The Hall–Kier alpha value is -1.03. The van der Waals surface area contributed by atoms with E-state index in [1.165, 1.54) is 71.6 Å². The minimum atomic E-state index is 0.756. The molecule has 28 heavy (non-hydrogen) atoms. The fourth-order valence-corrected chi connectivity index (χ4v) is 5.55. The highest BCUT2D eigenvalue weighted by Gasteiger charge is 2.22. The van der Waals surface area contributed by atoms with Crippen LogP contribution in [0.1, 0.15) is 82.3 Å². The average molecular weight is 490 g/mol. The third kappa shape index (κ3) is 5.31. The number of hydrogen-bond acceptors (Lipinski definition) is 1. The summed E-state index contributed by atoms with van der Waals surface area (Å²) in [6.45, 7) is 4.52. The summed E-state index contributed by atoms with van der Waals surface area (Å²) in [6, 6.07) is 13.7. The minimum absolute atomic E-state index is 0.756. The van der Waals surface area contributed by atoms with Crippen molar-refractivity contribution in [1.29, 1.82) is 0 Å². The molecule has 0 heterocycles. The van der Waals surface area contributed by atoms with E-state index in [9.17, 15) is 0 Å². The molecular formula is C26H35IO. The fourth-order valence-electron chi connectivity index (χ4n) is 4.72. The van der Waals surface area contributed by atoms with Crippen molar-refractivity contribution in [3.05, 3.63) is 51.1 Å². The van der Waals surface area contributed by atoms with Crippen molar-refractivity contribution in [2.75, 3.05) is 7.11 Å². The van der Waals surface area contributed by atoms with Gasteiger partial charge >= 0.3 is 0 Å². The van der Waals surface area contributed by atoms with Gasteiger partial charge in [-0.25, -0.2) is 0 Å². The number of benzene rings is 2. The highest BCUT2D eigenvalue weighted by atomic mass is 127. The molecule has 3 rings (SSSR count). The van der Waals surface area contributed by atoms with Gasteiger partial charge in [-0.15, -0.1) is 0 Å². The largest absolute Gasteiger partial charge is 0.497 e. The number of methoxy groups -OCH3 is 1. The number of ether oxygens (including phenoxy) is 1. The number of halogens is 1. The molecular weight excluding hydrogens is 455 g/mol. The molecule has 152 valence electrons. The lowest BCUT2D eigenvalue weighted by molar-refractivity contribution is 0.303. The Bertz CT molecular complexity index is 759. The van der Waals surface area contributed by atoms with Crippen LogP contribution in [0.3, 0.4) is 0 Å². The summed E-state index contributed by atoms with van der Waals surface area (Å²) in [6.07, 6.45) is 12.2. The van der Waals surface area contributed by atoms with Gasteiger partial charge < -0.3 is 4.74 Å². The first-order chi connectivity index (χ1) is 13.7. The molecule has 1 aliphatic carbocycles. The number of aryl methyl sites for hydroxylation is 1. The van der Waals surface area contributed by atoms with Gasteiger partial charge in [0.2, 0.25) is 0 Å². The smallest absolute Gasteiger partial charge is 0.119 e. The van der Waals surface area contributed by atoms with Crippen molar-refractivity contribution in [1.82, 2.24) is 0 Å². The van der Waals surface area contributed by atoms with E-state index in [1.807, 2.05) is 0 Å². The van der Waals surface area contributed by atoms with Gasteiger partial charge in [0.25, 0.3) is 0 Å². The van der Waals surface area contributed by atoms with Crippen LogP contribution in [0.25, 0.3) is 11.1 Å². The zero-order valence-electron chi connectivity index (χ0n) is 17.8. The predicted octanol–water partition coefficient (Wildman–Crippen LogP) is 8.38. The van der Waals surface area contributed by atoms with Gasteiger partial charge in [0.15, 0.2) is 0 Å². The molecule has 0 saturated heterocycles. The highest BCUT2D eigenvalue weighted by molar-refractivity contribution is 14.1. The van der Waals surface area contributed by atoms with Gasteiger partial charge in [-0.2, -0.15) is 0 Å². The van der Waals surface area contributed by atoms with Crippen LogP contribution in [0.15, 0.2) is 36.4 Å². The van der Waals surface area contributed by atoms with Crippen LogP contribution in [0.2, 0.25) is 0 Å². The fraction of sp³-hybridized carbons (Fsp3) is 0.538. The molecule has 2 aromatic rings. The zero-order valence-corrected chi connectivity index (χ0v) is 19.9. The first-order valence-electron chi connectivity index (χ1n) is 11.1. The quantitative estimate of drug-likeness (QED) is 0.267. The van der Waals surface area contributed by atoms with Crippen molar-refractivity contribution in [2.24, 2.45) is 5.92 Å². The Kier molecular flexibility index (Phi) is 8.25. The lowest BCUT2D eigenvalue weighted by Crippen LogP contribution is -2.13. The van der Waals surface area contributed by atoms with Crippen LogP contribution in [0.5, 0.6) is 5.75 Å². The maximum absolute atomic E-state index is 5.41. The average Bonchev–Trinajstić information content (AvgIpc) is 2.74.